The molecule has 0 aliphatic carbocycles. The van der Waals surface area contributed by atoms with Crippen LogP contribution in [0.15, 0.2) is 53.7 Å². The average Bonchev–Trinajstić information content (AvgIpc) is 3.13. The molecular weight excluding hydrogens is 318 g/mol. The lowest BCUT2D eigenvalue weighted by Crippen LogP contribution is -2.28. The van der Waals surface area contributed by atoms with Crippen molar-refractivity contribution >= 4 is 16.9 Å². The maximum Gasteiger partial charge on any atom is 0.160 e. The van der Waals surface area contributed by atoms with Crippen LogP contribution in [0.25, 0.3) is 0 Å². The Bertz CT molecular complexity index is 732. The predicted octanol–water partition coefficient (Wildman–Crippen LogP) is 4.07. The van der Waals surface area contributed by atoms with E-state index in [1.165, 1.54) is 5.56 Å². The number of thioether (sulfide) groups is 1. The molecule has 4 rings (SSSR count). The molecule has 0 radical (unpaired) electrons. The SMILES string of the molecule is CCOc1ccc([C@H]2[C@@H](c3ccccn3)N=C3S[C@@H](C)CN32)cc1. The number of benzene rings is 1. The smallest absolute Gasteiger partial charge is 0.160 e. The molecular formula is C19H21N3OS. The number of amidine groups is 1. The zero-order valence-electron chi connectivity index (χ0n) is 13.9. The summed E-state index contributed by atoms with van der Waals surface area (Å²) in [7, 11) is 0. The number of hydrogen-bond acceptors (Lipinski definition) is 5. The van der Waals surface area contributed by atoms with Gasteiger partial charge in [0.1, 0.15) is 11.8 Å². The lowest BCUT2D eigenvalue weighted by molar-refractivity contribution is 0.319. The highest BCUT2D eigenvalue weighted by Crippen LogP contribution is 2.47. The van der Waals surface area contributed by atoms with Gasteiger partial charge in [-0.2, -0.15) is 0 Å². The van der Waals surface area contributed by atoms with Crippen LogP contribution in [0.2, 0.25) is 0 Å². The van der Waals surface area contributed by atoms with E-state index in [2.05, 4.69) is 47.1 Å². The number of fused-ring (bicyclic) bond motifs is 1. The van der Waals surface area contributed by atoms with Gasteiger partial charge in [-0.25, -0.2) is 0 Å². The minimum absolute atomic E-state index is 0.0548. The summed E-state index contributed by atoms with van der Waals surface area (Å²) in [5.74, 6) is 0.916. The number of aromatic nitrogens is 1. The van der Waals surface area contributed by atoms with E-state index < -0.39 is 0 Å². The van der Waals surface area contributed by atoms with Gasteiger partial charge in [0.05, 0.1) is 18.3 Å². The van der Waals surface area contributed by atoms with E-state index in [4.69, 9.17) is 9.73 Å². The van der Waals surface area contributed by atoms with Gasteiger partial charge in [-0.05, 0) is 36.8 Å². The van der Waals surface area contributed by atoms with Gasteiger partial charge in [-0.1, -0.05) is 36.9 Å². The maximum absolute atomic E-state index is 5.58. The van der Waals surface area contributed by atoms with E-state index in [9.17, 15) is 0 Å². The molecule has 2 aromatic rings. The molecule has 1 saturated heterocycles. The molecule has 0 unspecified atom stereocenters. The second-order valence-electron chi connectivity index (χ2n) is 6.14. The highest BCUT2D eigenvalue weighted by molar-refractivity contribution is 8.14. The predicted molar refractivity (Wildman–Crippen MR) is 98.5 cm³/mol. The van der Waals surface area contributed by atoms with Crippen molar-refractivity contribution in [3.63, 3.8) is 0 Å². The topological polar surface area (TPSA) is 37.7 Å². The third-order valence-corrected chi connectivity index (χ3v) is 5.52. The molecule has 0 bridgehead atoms. The fourth-order valence-corrected chi connectivity index (χ4v) is 4.50. The van der Waals surface area contributed by atoms with Gasteiger partial charge in [0.25, 0.3) is 0 Å². The number of nitrogens with zero attached hydrogens (tertiary/aromatic N) is 3. The van der Waals surface area contributed by atoms with Crippen molar-refractivity contribution in [3.05, 3.63) is 59.9 Å². The van der Waals surface area contributed by atoms with E-state index in [-0.39, 0.29) is 12.1 Å². The van der Waals surface area contributed by atoms with E-state index in [0.717, 1.165) is 23.2 Å². The molecule has 3 heterocycles. The van der Waals surface area contributed by atoms with Crippen LogP contribution in [0, 0.1) is 0 Å². The first-order valence-corrected chi connectivity index (χ1v) is 9.29. The second-order valence-corrected chi connectivity index (χ2v) is 7.54. The van der Waals surface area contributed by atoms with Crippen molar-refractivity contribution in [3.8, 4) is 5.75 Å². The van der Waals surface area contributed by atoms with Gasteiger partial charge in [0, 0.05) is 18.0 Å². The number of hydrogen-bond donors (Lipinski definition) is 0. The molecule has 24 heavy (non-hydrogen) atoms. The van der Waals surface area contributed by atoms with Gasteiger partial charge in [-0.3, -0.25) is 9.98 Å². The maximum atomic E-state index is 5.58. The summed E-state index contributed by atoms with van der Waals surface area (Å²) < 4.78 is 5.58. The second kappa shape index (κ2) is 6.48. The van der Waals surface area contributed by atoms with E-state index in [1.54, 1.807) is 0 Å². The average molecular weight is 339 g/mol. The third-order valence-electron chi connectivity index (χ3n) is 4.41. The number of ether oxygens (including phenoxy) is 1. The minimum Gasteiger partial charge on any atom is -0.494 e. The summed E-state index contributed by atoms with van der Waals surface area (Å²) in [6.45, 7) is 5.99. The molecule has 5 heteroatoms. The molecule has 4 nitrogen and oxygen atoms in total. The Labute approximate surface area is 147 Å². The molecule has 3 atom stereocenters. The van der Waals surface area contributed by atoms with Crippen molar-refractivity contribution in [2.45, 2.75) is 31.2 Å². The molecule has 0 amide bonds. The Morgan fingerprint density at radius 2 is 2.04 bits per heavy atom. The normalized spacial score (nSPS) is 25.5. The Hall–Kier alpha value is -2.01. The quantitative estimate of drug-likeness (QED) is 0.841. The fourth-order valence-electron chi connectivity index (χ4n) is 3.41. The number of rotatable bonds is 4. The first-order valence-electron chi connectivity index (χ1n) is 8.41. The van der Waals surface area contributed by atoms with Crippen LogP contribution in [0.5, 0.6) is 5.75 Å². The molecule has 124 valence electrons. The first kappa shape index (κ1) is 15.5. The van der Waals surface area contributed by atoms with Gasteiger partial charge >= 0.3 is 0 Å². The molecule has 0 spiro atoms. The first-order chi connectivity index (χ1) is 11.8. The summed E-state index contributed by atoms with van der Waals surface area (Å²) in [6, 6.07) is 14.8. The molecule has 0 N–H and O–H groups in total. The van der Waals surface area contributed by atoms with Crippen molar-refractivity contribution in [1.82, 2.24) is 9.88 Å². The van der Waals surface area contributed by atoms with Crippen LogP contribution in [-0.2, 0) is 0 Å². The lowest BCUT2D eigenvalue weighted by atomic mass is 9.96. The van der Waals surface area contributed by atoms with Gasteiger partial charge < -0.3 is 9.64 Å². The largest absolute Gasteiger partial charge is 0.494 e. The van der Waals surface area contributed by atoms with Crippen LogP contribution < -0.4 is 4.74 Å². The Balaban J connectivity index is 1.70. The zero-order valence-corrected chi connectivity index (χ0v) is 14.7. The molecule has 1 fully saturated rings. The van der Waals surface area contributed by atoms with E-state index in [1.807, 2.05) is 37.0 Å². The van der Waals surface area contributed by atoms with Gasteiger partial charge in [0.15, 0.2) is 5.17 Å². The fraction of sp³-hybridized carbons (Fsp3) is 0.368. The summed E-state index contributed by atoms with van der Waals surface area (Å²) in [6.07, 6.45) is 1.85. The van der Waals surface area contributed by atoms with E-state index >= 15 is 0 Å². The molecule has 2 aliphatic rings. The van der Waals surface area contributed by atoms with Crippen LogP contribution in [0.1, 0.15) is 37.2 Å². The van der Waals surface area contributed by atoms with Crippen molar-refractivity contribution in [1.29, 1.82) is 0 Å². The number of aliphatic imine (C=N–C) groups is 1. The summed E-state index contributed by atoms with van der Waals surface area (Å²) in [5, 5.41) is 1.73. The minimum atomic E-state index is 0.0548. The van der Waals surface area contributed by atoms with Crippen molar-refractivity contribution < 1.29 is 4.74 Å². The molecule has 1 aromatic carbocycles. The lowest BCUT2D eigenvalue weighted by Gasteiger charge is -2.27. The monoisotopic (exact) mass is 339 g/mol. The molecule has 1 aromatic heterocycles. The Morgan fingerprint density at radius 3 is 2.75 bits per heavy atom. The summed E-state index contributed by atoms with van der Waals surface area (Å²) in [5.41, 5.74) is 2.30. The standard InChI is InChI=1S/C19H21N3OS/c1-3-23-15-9-7-14(8-10-15)18-17(16-6-4-5-11-20-16)21-19-22(18)12-13(2)24-19/h4-11,13,17-18H,3,12H2,1-2H3/t13-,17+,18-/m0/s1. The van der Waals surface area contributed by atoms with Gasteiger partial charge in [-0.15, -0.1) is 0 Å². The summed E-state index contributed by atoms with van der Waals surface area (Å²) in [4.78, 5) is 12.0. The highest BCUT2D eigenvalue weighted by atomic mass is 32.2. The van der Waals surface area contributed by atoms with Crippen molar-refractivity contribution in [2.24, 2.45) is 4.99 Å². The van der Waals surface area contributed by atoms with Crippen LogP contribution in [0.4, 0.5) is 0 Å². The van der Waals surface area contributed by atoms with Crippen LogP contribution in [-0.4, -0.2) is 33.5 Å². The number of pyridine rings is 1. The Morgan fingerprint density at radius 1 is 1.21 bits per heavy atom. The zero-order chi connectivity index (χ0) is 16.5. The van der Waals surface area contributed by atoms with Crippen LogP contribution in [0.3, 0.4) is 0 Å². The summed E-state index contributed by atoms with van der Waals surface area (Å²) >= 11 is 1.87. The molecule has 0 saturated carbocycles. The van der Waals surface area contributed by atoms with Gasteiger partial charge in [0.2, 0.25) is 0 Å². The molecule has 2 aliphatic heterocycles. The van der Waals surface area contributed by atoms with E-state index in [0.29, 0.717) is 11.9 Å². The third kappa shape index (κ3) is 2.77. The van der Waals surface area contributed by atoms with Crippen molar-refractivity contribution in [2.75, 3.05) is 13.2 Å². The Kier molecular flexibility index (Phi) is 4.19. The van der Waals surface area contributed by atoms with Crippen LogP contribution >= 0.6 is 11.8 Å². The highest BCUT2D eigenvalue weighted by Gasteiger charge is 2.43.